The molecule has 0 nitrogen and oxygen atoms in total. The molecule has 3 aliphatic rings. The Kier molecular flexibility index (Phi) is 0.803. The minimum atomic E-state index is 0.929. The third kappa shape index (κ3) is 0.681. The van der Waals surface area contributed by atoms with Gasteiger partial charge in [0.25, 0.3) is 0 Å². The highest BCUT2D eigenvalue weighted by Crippen LogP contribution is 2.48. The molecule has 0 aliphatic heterocycles. The summed E-state index contributed by atoms with van der Waals surface area (Å²) in [7, 11) is 0. The molecule has 3 rings (SSSR count). The summed E-state index contributed by atoms with van der Waals surface area (Å²) in [4.78, 5) is 0. The molecule has 0 aromatic heterocycles. The fourth-order valence-electron chi connectivity index (χ4n) is 1.93. The molecule has 0 heterocycles. The Hall–Kier alpha value is -0.520. The summed E-state index contributed by atoms with van der Waals surface area (Å²) in [6.45, 7) is 0. The molecule has 52 valence electrons. The second-order valence-corrected chi connectivity index (χ2v) is 3.90. The van der Waals surface area contributed by atoms with E-state index in [1.165, 1.54) is 12.8 Å². The maximum atomic E-state index is 2.44. The first-order chi connectivity index (χ1) is 4.93. The maximum absolute atomic E-state index is 2.44. The Balaban J connectivity index is 1.89. The van der Waals surface area contributed by atoms with Gasteiger partial charge in [-0.25, -0.2) is 0 Å². The lowest BCUT2D eigenvalue weighted by atomic mass is 10.1. The van der Waals surface area contributed by atoms with Crippen LogP contribution in [-0.4, -0.2) is 0 Å². The number of hydrogen-bond donors (Lipinski definition) is 0. The number of hydrogen-bond acceptors (Lipinski definition) is 0. The summed E-state index contributed by atoms with van der Waals surface area (Å²) in [6.07, 6.45) is 12.6. The summed E-state index contributed by atoms with van der Waals surface area (Å²) in [5.41, 5.74) is 0. The van der Waals surface area contributed by atoms with Crippen molar-refractivity contribution in [3.05, 3.63) is 24.3 Å². The lowest BCUT2D eigenvalue weighted by Crippen LogP contribution is -1.80. The first-order valence-electron chi connectivity index (χ1n) is 4.30. The molecule has 10 heavy (non-hydrogen) atoms. The second kappa shape index (κ2) is 1.55. The monoisotopic (exact) mass is 132 g/mol. The van der Waals surface area contributed by atoms with Gasteiger partial charge in [0, 0.05) is 0 Å². The third-order valence-electron chi connectivity index (χ3n) is 2.99. The summed E-state index contributed by atoms with van der Waals surface area (Å²) in [6, 6.07) is 0. The Labute approximate surface area is 61.6 Å². The van der Waals surface area contributed by atoms with E-state index in [0.717, 1.165) is 23.7 Å². The lowest BCUT2D eigenvalue weighted by Gasteiger charge is -1.91. The molecule has 0 saturated heterocycles. The number of rotatable bonds is 0. The van der Waals surface area contributed by atoms with E-state index in [9.17, 15) is 0 Å². The van der Waals surface area contributed by atoms with Gasteiger partial charge in [-0.1, -0.05) is 24.3 Å². The maximum Gasteiger partial charge on any atom is -0.0164 e. The van der Waals surface area contributed by atoms with E-state index in [1.54, 1.807) is 0 Å². The van der Waals surface area contributed by atoms with Gasteiger partial charge in [-0.15, -0.1) is 0 Å². The molecule has 3 aliphatic carbocycles. The van der Waals surface area contributed by atoms with Crippen LogP contribution in [0, 0.1) is 23.7 Å². The van der Waals surface area contributed by atoms with Gasteiger partial charge in [0.2, 0.25) is 0 Å². The summed E-state index contributed by atoms with van der Waals surface area (Å²) < 4.78 is 0. The molecular formula is C10H12. The predicted octanol–water partition coefficient (Wildman–Crippen LogP) is 2.38. The van der Waals surface area contributed by atoms with Crippen molar-refractivity contribution < 1.29 is 0 Å². The first kappa shape index (κ1) is 5.17. The molecule has 2 fully saturated rings. The smallest absolute Gasteiger partial charge is 0.0164 e. The van der Waals surface area contributed by atoms with Crippen LogP contribution >= 0.6 is 0 Å². The van der Waals surface area contributed by atoms with Crippen molar-refractivity contribution in [1.29, 1.82) is 0 Å². The van der Waals surface area contributed by atoms with Gasteiger partial charge >= 0.3 is 0 Å². The Bertz CT molecular complexity index is 168. The zero-order valence-electron chi connectivity index (χ0n) is 6.03. The van der Waals surface area contributed by atoms with Crippen LogP contribution in [0.4, 0.5) is 0 Å². The Morgan fingerprint density at radius 3 is 1.20 bits per heavy atom. The van der Waals surface area contributed by atoms with E-state index in [4.69, 9.17) is 0 Å². The van der Waals surface area contributed by atoms with Crippen molar-refractivity contribution in [2.45, 2.75) is 12.8 Å². The van der Waals surface area contributed by atoms with Gasteiger partial charge in [0.1, 0.15) is 0 Å². The standard InChI is InChI=1S/C10H12/c1-2-8-6-10(8)4-3-9-5-7(1)9/h1-4,7-10H,5-6H2/b2-1-,4-3-. The van der Waals surface area contributed by atoms with Gasteiger partial charge < -0.3 is 0 Å². The summed E-state index contributed by atoms with van der Waals surface area (Å²) in [5.74, 6) is 3.71. The van der Waals surface area contributed by atoms with Gasteiger partial charge in [0.05, 0.1) is 0 Å². The quantitative estimate of drug-likeness (QED) is 0.444. The minimum absolute atomic E-state index is 0.929. The van der Waals surface area contributed by atoms with Crippen LogP contribution < -0.4 is 0 Å². The minimum Gasteiger partial charge on any atom is -0.0845 e. The molecular weight excluding hydrogens is 120 g/mol. The fraction of sp³-hybridized carbons (Fsp3) is 0.600. The molecule has 0 radical (unpaired) electrons. The molecule has 0 aromatic rings. The van der Waals surface area contributed by atoms with Crippen molar-refractivity contribution in [2.24, 2.45) is 23.7 Å². The SMILES string of the molecule is C1=C\C2CC2/C=C\C2CC/12. The van der Waals surface area contributed by atoms with E-state index >= 15 is 0 Å². The predicted molar refractivity (Wildman–Crippen MR) is 41.5 cm³/mol. The Morgan fingerprint density at radius 2 is 0.900 bits per heavy atom. The molecule has 0 spiro atoms. The number of allylic oxidation sites excluding steroid dienone is 4. The molecule has 2 saturated carbocycles. The lowest BCUT2D eigenvalue weighted by molar-refractivity contribution is 0.907. The zero-order chi connectivity index (χ0) is 6.55. The second-order valence-electron chi connectivity index (χ2n) is 3.90. The number of fused-ring (bicyclic) bond motifs is 2. The van der Waals surface area contributed by atoms with Gasteiger partial charge in [0.15, 0.2) is 0 Å². The van der Waals surface area contributed by atoms with Crippen molar-refractivity contribution >= 4 is 0 Å². The van der Waals surface area contributed by atoms with Gasteiger partial charge in [-0.3, -0.25) is 0 Å². The Morgan fingerprint density at radius 1 is 0.600 bits per heavy atom. The molecule has 0 heteroatoms. The van der Waals surface area contributed by atoms with Crippen LogP contribution in [0.15, 0.2) is 24.3 Å². The molecule has 0 bridgehead atoms. The van der Waals surface area contributed by atoms with Crippen LogP contribution in [0.25, 0.3) is 0 Å². The van der Waals surface area contributed by atoms with Crippen molar-refractivity contribution in [3.63, 3.8) is 0 Å². The topological polar surface area (TPSA) is 0 Å². The normalized spacial score (nSPS) is 60.8. The van der Waals surface area contributed by atoms with Crippen LogP contribution in [0.3, 0.4) is 0 Å². The average molecular weight is 132 g/mol. The fourth-order valence-corrected chi connectivity index (χ4v) is 1.93. The van der Waals surface area contributed by atoms with E-state index in [2.05, 4.69) is 24.3 Å². The largest absolute Gasteiger partial charge is 0.0845 e. The van der Waals surface area contributed by atoms with Crippen LogP contribution in [0.1, 0.15) is 12.8 Å². The van der Waals surface area contributed by atoms with Crippen LogP contribution in [-0.2, 0) is 0 Å². The molecule has 4 unspecified atom stereocenters. The van der Waals surface area contributed by atoms with Gasteiger partial charge in [-0.2, -0.15) is 0 Å². The molecule has 0 N–H and O–H groups in total. The molecule has 0 amide bonds. The van der Waals surface area contributed by atoms with E-state index < -0.39 is 0 Å². The molecule has 4 atom stereocenters. The van der Waals surface area contributed by atoms with Crippen LogP contribution in [0.5, 0.6) is 0 Å². The molecule has 0 aromatic carbocycles. The summed E-state index contributed by atoms with van der Waals surface area (Å²) in [5, 5.41) is 0. The third-order valence-corrected chi connectivity index (χ3v) is 2.99. The highest BCUT2D eigenvalue weighted by Gasteiger charge is 2.39. The van der Waals surface area contributed by atoms with E-state index in [0.29, 0.717) is 0 Å². The highest BCUT2D eigenvalue weighted by molar-refractivity contribution is 5.20. The van der Waals surface area contributed by atoms with Crippen molar-refractivity contribution in [1.82, 2.24) is 0 Å². The van der Waals surface area contributed by atoms with Crippen molar-refractivity contribution in [2.75, 3.05) is 0 Å². The van der Waals surface area contributed by atoms with Crippen molar-refractivity contribution in [3.8, 4) is 0 Å². The zero-order valence-corrected chi connectivity index (χ0v) is 6.03. The van der Waals surface area contributed by atoms with E-state index in [-0.39, 0.29) is 0 Å². The first-order valence-corrected chi connectivity index (χ1v) is 4.30. The van der Waals surface area contributed by atoms with E-state index in [1.807, 2.05) is 0 Å². The van der Waals surface area contributed by atoms with Gasteiger partial charge in [-0.05, 0) is 36.5 Å². The average Bonchev–Trinajstić information content (AvgIpc) is 2.70. The highest BCUT2D eigenvalue weighted by atomic mass is 14.4. The summed E-state index contributed by atoms with van der Waals surface area (Å²) >= 11 is 0. The van der Waals surface area contributed by atoms with Crippen LogP contribution in [0.2, 0.25) is 0 Å².